The Morgan fingerprint density at radius 1 is 1.00 bits per heavy atom. The average molecular weight is 590 g/mol. The fourth-order valence-corrected chi connectivity index (χ4v) is 6.00. The fourth-order valence-electron chi connectivity index (χ4n) is 4.44. The number of thiophene rings is 1. The number of amides is 2. The predicted molar refractivity (Wildman–Crippen MR) is 155 cm³/mol. The van der Waals surface area contributed by atoms with Gasteiger partial charge in [0.1, 0.15) is 10.5 Å². The number of nitrogens with zero attached hydrogens (tertiary/aromatic N) is 2. The molecule has 1 saturated heterocycles. The summed E-state index contributed by atoms with van der Waals surface area (Å²) in [6.07, 6.45) is 0.567. The number of rotatable bonds is 5. The van der Waals surface area contributed by atoms with Crippen molar-refractivity contribution < 1.29 is 23.9 Å². The van der Waals surface area contributed by atoms with Gasteiger partial charge in [-0.1, -0.05) is 53.5 Å². The highest BCUT2D eigenvalue weighted by Gasteiger charge is 2.36. The number of hydrogen-bond acceptors (Lipinski definition) is 6. The number of carbonyl (C=O) groups excluding carboxylic acids is 3. The number of likely N-dealkylation sites (tertiary alicyclic amines) is 1. The molecule has 2 amide bonds. The van der Waals surface area contributed by atoms with E-state index in [1.54, 1.807) is 21.9 Å². The molecule has 1 fully saturated rings. The van der Waals surface area contributed by atoms with Crippen LogP contribution in [0.1, 0.15) is 53.6 Å². The van der Waals surface area contributed by atoms with Crippen molar-refractivity contribution in [3.8, 4) is 10.4 Å². The maximum Gasteiger partial charge on any atom is 0.410 e. The second-order valence-electron chi connectivity index (χ2n) is 10.2. The lowest BCUT2D eigenvalue weighted by Gasteiger charge is -2.39. The Kier molecular flexibility index (Phi) is 8.89. The molecule has 0 aliphatic carbocycles. The Bertz CT molecular complexity index is 1360. The van der Waals surface area contributed by atoms with E-state index in [0.29, 0.717) is 41.5 Å². The van der Waals surface area contributed by atoms with Crippen LogP contribution < -0.4 is 4.90 Å². The predicted octanol–water partition coefficient (Wildman–Crippen LogP) is 7.55. The van der Waals surface area contributed by atoms with Crippen LogP contribution in [0.4, 0.5) is 10.5 Å². The molecule has 0 spiro atoms. The summed E-state index contributed by atoms with van der Waals surface area (Å²) in [5.41, 5.74) is 1.01. The average Bonchev–Trinajstić information content (AvgIpc) is 3.33. The van der Waals surface area contributed by atoms with Gasteiger partial charge in [0.25, 0.3) is 5.91 Å². The van der Waals surface area contributed by atoms with Gasteiger partial charge in [0.2, 0.25) is 0 Å². The molecular formula is C29H30Cl2N2O5S. The number of hydrogen-bond donors (Lipinski definition) is 0. The third-order valence-electron chi connectivity index (χ3n) is 6.26. The van der Waals surface area contributed by atoms with Crippen LogP contribution in [0.2, 0.25) is 10.0 Å². The number of benzene rings is 2. The summed E-state index contributed by atoms with van der Waals surface area (Å²) in [4.78, 5) is 44.1. The summed E-state index contributed by atoms with van der Waals surface area (Å²) in [5.74, 6) is -0.904. The Morgan fingerprint density at radius 2 is 1.67 bits per heavy atom. The zero-order valence-corrected chi connectivity index (χ0v) is 24.5. The molecule has 1 aliphatic heterocycles. The van der Waals surface area contributed by atoms with Crippen molar-refractivity contribution in [2.24, 2.45) is 0 Å². The largest absolute Gasteiger partial charge is 0.465 e. The molecule has 3 aromatic rings. The van der Waals surface area contributed by atoms with Gasteiger partial charge in [-0.3, -0.25) is 4.79 Å². The van der Waals surface area contributed by atoms with Crippen LogP contribution in [0.3, 0.4) is 0 Å². The summed E-state index contributed by atoms with van der Waals surface area (Å²) >= 11 is 13.8. The van der Waals surface area contributed by atoms with Gasteiger partial charge in [-0.15, -0.1) is 11.3 Å². The lowest BCUT2D eigenvalue weighted by molar-refractivity contribution is 0.0205. The third kappa shape index (κ3) is 6.75. The van der Waals surface area contributed by atoms with Gasteiger partial charge in [0.05, 0.1) is 23.4 Å². The van der Waals surface area contributed by atoms with Crippen molar-refractivity contribution in [1.82, 2.24) is 4.90 Å². The molecule has 10 heteroatoms. The van der Waals surface area contributed by atoms with E-state index in [1.807, 2.05) is 57.2 Å². The monoisotopic (exact) mass is 588 g/mol. The summed E-state index contributed by atoms with van der Waals surface area (Å²) in [6.45, 7) is 6.25. The number of ether oxygens (including phenoxy) is 2. The number of piperidine rings is 1. The van der Waals surface area contributed by atoms with E-state index in [0.717, 1.165) is 10.4 Å². The van der Waals surface area contributed by atoms with Gasteiger partial charge in [0, 0.05) is 29.0 Å². The minimum atomic E-state index is -0.610. The second-order valence-corrected chi connectivity index (χ2v) is 12.1. The van der Waals surface area contributed by atoms with Crippen LogP contribution in [0.5, 0.6) is 0 Å². The highest BCUT2D eigenvalue weighted by Crippen LogP contribution is 2.40. The number of methoxy groups -OCH3 is 1. The Morgan fingerprint density at radius 3 is 2.26 bits per heavy atom. The molecule has 1 aliphatic rings. The lowest BCUT2D eigenvalue weighted by Crippen LogP contribution is -2.50. The van der Waals surface area contributed by atoms with Crippen LogP contribution in [0, 0.1) is 0 Å². The Hall–Kier alpha value is -3.07. The van der Waals surface area contributed by atoms with Crippen LogP contribution in [0.15, 0.2) is 54.6 Å². The van der Waals surface area contributed by atoms with E-state index in [9.17, 15) is 14.4 Å². The van der Waals surface area contributed by atoms with E-state index in [1.165, 1.54) is 24.5 Å². The van der Waals surface area contributed by atoms with E-state index < -0.39 is 17.7 Å². The summed E-state index contributed by atoms with van der Waals surface area (Å²) in [5, 5.41) is 0.618. The molecule has 0 N–H and O–H groups in total. The first-order chi connectivity index (χ1) is 18.5. The second kappa shape index (κ2) is 12.0. The quantitative estimate of drug-likeness (QED) is 0.287. The zero-order valence-electron chi connectivity index (χ0n) is 22.2. The van der Waals surface area contributed by atoms with Crippen LogP contribution in [0.25, 0.3) is 10.4 Å². The molecule has 2 heterocycles. The Labute approximate surface area is 242 Å². The van der Waals surface area contributed by atoms with Crippen molar-refractivity contribution in [3.05, 3.63) is 75.1 Å². The zero-order chi connectivity index (χ0) is 28.3. The van der Waals surface area contributed by atoms with Crippen molar-refractivity contribution in [2.45, 2.75) is 45.3 Å². The van der Waals surface area contributed by atoms with E-state index in [4.69, 9.17) is 32.7 Å². The van der Waals surface area contributed by atoms with E-state index in [2.05, 4.69) is 0 Å². The molecule has 4 rings (SSSR count). The molecule has 0 unspecified atom stereocenters. The SMILES string of the molecule is COC(=O)c1sc(-c2ccccc2)cc1N(C(=O)c1ccc(Cl)cc1Cl)C1CCN(C(=O)OC(C)(C)C)CC1. The van der Waals surface area contributed by atoms with Crippen LogP contribution in [-0.2, 0) is 9.47 Å². The lowest BCUT2D eigenvalue weighted by atomic mass is 10.0. The van der Waals surface area contributed by atoms with Gasteiger partial charge in [0.15, 0.2) is 0 Å². The molecule has 206 valence electrons. The maximum absolute atomic E-state index is 14.1. The maximum atomic E-state index is 14.1. The van der Waals surface area contributed by atoms with Crippen molar-refractivity contribution in [2.75, 3.05) is 25.1 Å². The Balaban J connectivity index is 1.75. The molecule has 0 radical (unpaired) electrons. The standard InChI is InChI=1S/C29H30Cl2N2O5S/c1-29(2,3)38-28(36)32-14-12-20(13-15-32)33(26(34)21-11-10-19(30)16-22(21)31)23-17-24(18-8-6-5-7-9-18)39-25(23)27(35)37-4/h5-11,16-17,20H,12-15H2,1-4H3. The van der Waals surface area contributed by atoms with Crippen molar-refractivity contribution in [1.29, 1.82) is 0 Å². The van der Waals surface area contributed by atoms with Gasteiger partial charge in [-0.2, -0.15) is 0 Å². The first-order valence-electron chi connectivity index (χ1n) is 12.5. The van der Waals surface area contributed by atoms with Crippen molar-refractivity contribution in [3.63, 3.8) is 0 Å². The van der Waals surface area contributed by atoms with Crippen molar-refractivity contribution >= 4 is 58.2 Å². The third-order valence-corrected chi connectivity index (χ3v) is 7.96. The first-order valence-corrected chi connectivity index (χ1v) is 14.1. The van der Waals surface area contributed by atoms with Gasteiger partial charge in [-0.25, -0.2) is 9.59 Å². The highest BCUT2D eigenvalue weighted by atomic mass is 35.5. The molecule has 7 nitrogen and oxygen atoms in total. The molecule has 1 aromatic heterocycles. The normalized spacial score (nSPS) is 14.2. The van der Waals surface area contributed by atoms with Gasteiger partial charge < -0.3 is 19.3 Å². The molecule has 2 aromatic carbocycles. The van der Waals surface area contributed by atoms with Crippen LogP contribution in [-0.4, -0.2) is 54.7 Å². The molecule has 39 heavy (non-hydrogen) atoms. The number of anilines is 1. The molecular weight excluding hydrogens is 559 g/mol. The molecule has 0 saturated carbocycles. The molecule has 0 atom stereocenters. The van der Waals surface area contributed by atoms with E-state index >= 15 is 0 Å². The number of carbonyl (C=O) groups is 3. The van der Waals surface area contributed by atoms with Gasteiger partial charge in [-0.05, 0) is 63.4 Å². The highest BCUT2D eigenvalue weighted by molar-refractivity contribution is 7.18. The minimum Gasteiger partial charge on any atom is -0.465 e. The fraction of sp³-hybridized carbons (Fsp3) is 0.345. The molecule has 0 bridgehead atoms. The summed E-state index contributed by atoms with van der Waals surface area (Å²) < 4.78 is 10.6. The summed E-state index contributed by atoms with van der Waals surface area (Å²) in [7, 11) is 1.32. The topological polar surface area (TPSA) is 76.2 Å². The minimum absolute atomic E-state index is 0.210. The van der Waals surface area contributed by atoms with Crippen LogP contribution >= 0.6 is 34.5 Å². The smallest absolute Gasteiger partial charge is 0.410 e. The van der Waals surface area contributed by atoms with E-state index in [-0.39, 0.29) is 22.5 Å². The number of halogens is 2. The summed E-state index contributed by atoms with van der Waals surface area (Å²) in [6, 6.07) is 15.9. The number of esters is 1. The van der Waals surface area contributed by atoms with Gasteiger partial charge >= 0.3 is 12.1 Å². The first kappa shape index (κ1) is 28.9.